The summed E-state index contributed by atoms with van der Waals surface area (Å²) in [6.07, 6.45) is 3.48. The number of aliphatic hydroxyl groups is 1. The number of likely N-dealkylation sites (tertiary alicyclic amines) is 2. The van der Waals surface area contributed by atoms with E-state index in [4.69, 9.17) is 19.4 Å². The van der Waals surface area contributed by atoms with Crippen LogP contribution >= 0.6 is 11.3 Å². The van der Waals surface area contributed by atoms with Crippen molar-refractivity contribution in [2.75, 3.05) is 33.9 Å². The van der Waals surface area contributed by atoms with Crippen molar-refractivity contribution in [3.8, 4) is 22.5 Å². The fraction of sp³-hybridized carbons (Fsp3) is 0.596. The van der Waals surface area contributed by atoms with Gasteiger partial charge in [-0.1, -0.05) is 33.8 Å². The Labute approximate surface area is 377 Å². The predicted octanol–water partition coefficient (Wildman–Crippen LogP) is 6.09. The number of aromatic nitrogens is 3. The number of pyridine rings is 1. The number of ether oxygens (including phenoxy) is 2. The van der Waals surface area contributed by atoms with Crippen LogP contribution in [0.2, 0.25) is 5.54 Å². The fourth-order valence-electron chi connectivity index (χ4n) is 10.7. The van der Waals surface area contributed by atoms with Crippen LogP contribution in [0.25, 0.3) is 33.4 Å². The number of likely N-dealkylation sites (N-methyl/N-ethyl adjacent to an activating group) is 1. The molecule has 0 saturated carbocycles. The Bertz CT molecular complexity index is 2420. The molecular weight excluding hydrogens is 833 g/mol. The first-order valence-electron chi connectivity index (χ1n) is 22.7. The molecule has 1 aromatic carbocycles. The summed E-state index contributed by atoms with van der Waals surface area (Å²) in [6, 6.07) is 9.40. The molecule has 9 rings (SSSR count). The van der Waals surface area contributed by atoms with Gasteiger partial charge in [-0.3, -0.25) is 24.5 Å². The predicted molar refractivity (Wildman–Crippen MR) is 244 cm³/mol. The Morgan fingerprint density at radius 3 is 2.65 bits per heavy atom. The summed E-state index contributed by atoms with van der Waals surface area (Å²) in [5.41, 5.74) is 8.70. The first kappa shape index (κ1) is 44.0. The number of aryl methyl sites for hydroxylation is 1. The van der Waals surface area contributed by atoms with Crippen molar-refractivity contribution in [3.05, 3.63) is 58.2 Å². The first-order chi connectivity index (χ1) is 30.1. The molecule has 63 heavy (non-hydrogen) atoms. The summed E-state index contributed by atoms with van der Waals surface area (Å²) in [4.78, 5) is 58.9. The third-order valence-electron chi connectivity index (χ3n) is 14.4. The number of carbonyl (C=O) groups is 3. The van der Waals surface area contributed by atoms with Crippen molar-refractivity contribution >= 4 is 49.7 Å². The maximum atomic E-state index is 15.4. The smallest absolute Gasteiger partial charge is 0.324 e. The van der Waals surface area contributed by atoms with E-state index in [0.717, 1.165) is 62.6 Å². The topological polar surface area (TPSA) is 146 Å². The second kappa shape index (κ2) is 16.7. The minimum atomic E-state index is -1.13. The molecule has 8 atom stereocenters. The number of esters is 1. The maximum Gasteiger partial charge on any atom is 0.324 e. The van der Waals surface area contributed by atoms with Gasteiger partial charge in [-0.15, -0.1) is 11.3 Å². The van der Waals surface area contributed by atoms with E-state index in [2.05, 4.69) is 60.4 Å². The Kier molecular flexibility index (Phi) is 11.6. The Morgan fingerprint density at radius 2 is 1.95 bits per heavy atom. The average molecular weight is 895 g/mol. The molecule has 336 valence electrons. The molecule has 5 aliphatic rings. The lowest BCUT2D eigenvalue weighted by atomic mass is 9.78. The van der Waals surface area contributed by atoms with Gasteiger partial charge in [0.25, 0.3) is 5.91 Å². The molecule has 3 amide bonds. The summed E-state index contributed by atoms with van der Waals surface area (Å²) in [6.45, 7) is 16.5. The molecule has 4 aromatic rings. The van der Waals surface area contributed by atoms with Gasteiger partial charge in [0.2, 0.25) is 0 Å². The van der Waals surface area contributed by atoms with Gasteiger partial charge in [0.15, 0.2) is 0 Å². The number of thiazole rings is 1. The Balaban J connectivity index is 1.16. The van der Waals surface area contributed by atoms with E-state index in [9.17, 15) is 14.7 Å². The molecule has 6 bridgehead atoms. The molecule has 14 nitrogen and oxygen atoms in total. The molecule has 3 aromatic heterocycles. The standard InChI is InChI=1S/C47H62N8O6SSi/c1-10-52-35-16-15-29-21-31(35)32(39(52)30-13-11-18-48-37(30)28(5)60-9)22-46(6,7)25-61-43(57)33-14-12-19-54(50-33)44(58)47(23-36-49-34(29)24-62-36)40-42(63-40)55(47)41(56)38(26(2)3)51(8)45(59)53-20-17-27(53)4/h11,13,15-16,18,21,24,26-28,33,38,40-42,50,56H,10,12,14,17,19-20,22-23,25H2,1-9H3/t27-,28+,33+,38+,40?,41?,42?,47-/m1/s1. The van der Waals surface area contributed by atoms with Gasteiger partial charge in [0.1, 0.15) is 17.8 Å². The molecule has 2 N–H and O–H groups in total. The highest BCUT2D eigenvalue weighted by Gasteiger charge is 2.76. The average Bonchev–Trinajstić information content (AvgIpc) is 3.66. The van der Waals surface area contributed by atoms with Gasteiger partial charge in [-0.05, 0) is 87.7 Å². The van der Waals surface area contributed by atoms with E-state index in [1.54, 1.807) is 24.1 Å². The van der Waals surface area contributed by atoms with E-state index >= 15 is 4.79 Å². The van der Waals surface area contributed by atoms with E-state index in [1.165, 1.54) is 11.3 Å². The molecule has 1 spiro atoms. The van der Waals surface area contributed by atoms with Gasteiger partial charge < -0.3 is 28.9 Å². The zero-order valence-electron chi connectivity index (χ0n) is 38.1. The van der Waals surface area contributed by atoms with Gasteiger partial charge in [-0.2, -0.15) is 0 Å². The van der Waals surface area contributed by atoms with Crippen LogP contribution in [0.1, 0.15) is 90.1 Å². The number of benzene rings is 1. The minimum Gasteiger partial charge on any atom is -0.464 e. The number of fused-ring (bicyclic) bond motifs is 8. The quantitative estimate of drug-likeness (QED) is 0.158. The largest absolute Gasteiger partial charge is 0.464 e. The summed E-state index contributed by atoms with van der Waals surface area (Å²) >= 11 is 1.53. The highest BCUT2D eigenvalue weighted by molar-refractivity contribution is 7.10. The molecule has 5 aliphatic heterocycles. The van der Waals surface area contributed by atoms with Crippen LogP contribution in [-0.4, -0.2) is 136 Å². The second-order valence-corrected chi connectivity index (χ2v) is 21.9. The van der Waals surface area contributed by atoms with Crippen molar-refractivity contribution < 1.29 is 29.0 Å². The van der Waals surface area contributed by atoms with E-state index < -0.39 is 29.3 Å². The van der Waals surface area contributed by atoms with Crippen LogP contribution in [0.4, 0.5) is 4.79 Å². The lowest BCUT2D eigenvalue weighted by Crippen LogP contribution is -2.75. The normalized spacial score (nSPS) is 27.3. The van der Waals surface area contributed by atoms with Crippen LogP contribution in [0.3, 0.4) is 0 Å². The maximum absolute atomic E-state index is 15.4. The van der Waals surface area contributed by atoms with Gasteiger partial charge in [-0.25, -0.2) is 15.2 Å². The molecule has 0 aliphatic carbocycles. The van der Waals surface area contributed by atoms with Crippen molar-refractivity contribution in [3.63, 3.8) is 0 Å². The lowest BCUT2D eigenvalue weighted by Gasteiger charge is -2.57. The number of hydrogen-bond acceptors (Lipinski definition) is 11. The van der Waals surface area contributed by atoms with Crippen LogP contribution in [0.5, 0.6) is 0 Å². The number of urea groups is 1. The van der Waals surface area contributed by atoms with Gasteiger partial charge in [0.05, 0.1) is 50.4 Å². The fourth-order valence-corrected chi connectivity index (χ4v) is 13.5. The number of hydrogen-bond donors (Lipinski definition) is 2. The molecule has 4 fully saturated rings. The molecule has 16 heteroatoms. The Morgan fingerprint density at radius 1 is 1.16 bits per heavy atom. The molecule has 4 saturated heterocycles. The number of amides is 3. The monoisotopic (exact) mass is 894 g/mol. The number of nitrogens with one attached hydrogen (secondary N) is 1. The minimum absolute atomic E-state index is 0.0149. The number of rotatable bonds is 8. The number of aliphatic hydroxyl groups excluding tert-OH is 1. The summed E-state index contributed by atoms with van der Waals surface area (Å²) in [5.74, 6) is -0.662. The van der Waals surface area contributed by atoms with E-state index in [-0.39, 0.29) is 53.8 Å². The number of cyclic esters (lactones) is 1. The molecular formula is C47H62N8O6SSi. The number of carbonyl (C=O) groups excluding carboxylic acids is 3. The zero-order chi connectivity index (χ0) is 44.7. The van der Waals surface area contributed by atoms with Gasteiger partial charge >= 0.3 is 12.0 Å². The van der Waals surface area contributed by atoms with Crippen LogP contribution in [0, 0.1) is 11.3 Å². The van der Waals surface area contributed by atoms with Crippen molar-refractivity contribution in [1.29, 1.82) is 0 Å². The van der Waals surface area contributed by atoms with Crippen molar-refractivity contribution in [2.24, 2.45) is 11.3 Å². The summed E-state index contributed by atoms with van der Waals surface area (Å²) < 4.78 is 14.4. The molecule has 3 unspecified atom stereocenters. The van der Waals surface area contributed by atoms with E-state index in [1.807, 2.05) is 49.8 Å². The second-order valence-electron chi connectivity index (χ2n) is 19.4. The SMILES string of the molecule is CCn1c(-c2cccnc2[C@H](C)OC)c2c3cc(ccc31)-c1csc(n1)C[C@]1(C(=O)N3CCC[C@H](N3)C(=O)OCC(C)(C)C2)C2[Si]C2N1C(O)[C@H](C(C)C)N(C)C(=O)N1CC[C@H]1C. The van der Waals surface area contributed by atoms with Crippen LogP contribution in [0.15, 0.2) is 41.9 Å². The number of hydrazine groups is 1. The number of nitrogens with zero attached hydrogens (tertiary/aromatic N) is 7. The van der Waals surface area contributed by atoms with E-state index in [0.29, 0.717) is 48.3 Å². The molecule has 2 radical (unpaired) electrons. The van der Waals surface area contributed by atoms with Gasteiger partial charge in [0, 0.05) is 90.9 Å². The zero-order valence-corrected chi connectivity index (χ0v) is 39.9. The molecule has 8 heterocycles. The Hall–Kier alpha value is -4.19. The highest BCUT2D eigenvalue weighted by Crippen LogP contribution is 2.61. The third-order valence-corrected chi connectivity index (χ3v) is 16.9. The highest BCUT2D eigenvalue weighted by atomic mass is 32.1. The van der Waals surface area contributed by atoms with Crippen LogP contribution < -0.4 is 5.43 Å². The van der Waals surface area contributed by atoms with Crippen LogP contribution in [-0.2, 0) is 38.4 Å². The first-order valence-corrected chi connectivity index (χ1v) is 24.7. The third kappa shape index (κ3) is 7.42. The lowest BCUT2D eigenvalue weighted by molar-refractivity contribution is -0.187. The van der Waals surface area contributed by atoms with Crippen molar-refractivity contribution in [2.45, 2.75) is 134 Å². The number of methoxy groups -OCH3 is 1. The summed E-state index contributed by atoms with van der Waals surface area (Å²) in [5, 5.41) is 18.2. The van der Waals surface area contributed by atoms with Crippen molar-refractivity contribution in [1.82, 2.24) is 39.7 Å². The summed E-state index contributed by atoms with van der Waals surface area (Å²) in [7, 11) is 3.92.